The fourth-order valence-electron chi connectivity index (χ4n) is 1.18. The summed E-state index contributed by atoms with van der Waals surface area (Å²) in [5, 5.41) is 8.92. The molecule has 0 saturated carbocycles. The Morgan fingerprint density at radius 1 is 1.71 bits per heavy atom. The van der Waals surface area contributed by atoms with Crippen LogP contribution in [0.2, 0.25) is 0 Å². The Hall–Kier alpha value is -1.14. The van der Waals surface area contributed by atoms with Gasteiger partial charge in [-0.05, 0) is 26.3 Å². The lowest BCUT2D eigenvalue weighted by Gasteiger charge is -2.18. The molecule has 1 atom stereocenters. The summed E-state index contributed by atoms with van der Waals surface area (Å²) in [6.45, 7) is 0. The van der Waals surface area contributed by atoms with Crippen molar-refractivity contribution in [3.05, 3.63) is 16.7 Å². The van der Waals surface area contributed by atoms with Crippen LogP contribution in [0.4, 0.5) is 0 Å². The van der Waals surface area contributed by atoms with Crippen LogP contribution >= 0.6 is 12.2 Å². The maximum absolute atomic E-state index is 10.9. The Balaban J connectivity index is 2.74. The molecular formula is C8H13N3O2S. The van der Waals surface area contributed by atoms with Gasteiger partial charge in [-0.1, -0.05) is 0 Å². The fraction of sp³-hybridized carbons (Fsp3) is 0.500. The zero-order chi connectivity index (χ0) is 10.7. The lowest BCUT2D eigenvalue weighted by Crippen LogP contribution is -2.37. The number of H-pyrrole nitrogens is 2. The predicted octanol–water partition coefficient (Wildman–Crippen LogP) is 0.630. The lowest BCUT2D eigenvalue weighted by molar-refractivity contribution is -0.142. The van der Waals surface area contributed by atoms with Gasteiger partial charge >= 0.3 is 5.97 Å². The number of carbonyl (C=O) groups is 1. The van der Waals surface area contributed by atoms with Crippen LogP contribution in [0.15, 0.2) is 6.20 Å². The summed E-state index contributed by atoms with van der Waals surface area (Å²) in [7, 11) is 3.47. The maximum atomic E-state index is 10.9. The Labute approximate surface area is 86.8 Å². The van der Waals surface area contributed by atoms with Crippen molar-refractivity contribution < 1.29 is 9.90 Å². The molecule has 0 aliphatic heterocycles. The Bertz CT molecular complexity index is 369. The van der Waals surface area contributed by atoms with Gasteiger partial charge in [0.15, 0.2) is 4.77 Å². The second-order valence-corrected chi connectivity index (χ2v) is 3.70. The molecule has 6 heteroatoms. The first kappa shape index (κ1) is 10.9. The highest BCUT2D eigenvalue weighted by atomic mass is 32.1. The zero-order valence-electron chi connectivity index (χ0n) is 8.07. The Morgan fingerprint density at radius 2 is 2.36 bits per heavy atom. The molecule has 0 saturated heterocycles. The number of nitrogens with zero attached hydrogens (tertiary/aromatic N) is 1. The smallest absolute Gasteiger partial charge is 0.321 e. The minimum absolute atomic E-state index is 0.412. The van der Waals surface area contributed by atoms with Crippen molar-refractivity contribution in [1.82, 2.24) is 14.9 Å². The van der Waals surface area contributed by atoms with E-state index in [2.05, 4.69) is 9.97 Å². The molecule has 1 aromatic rings. The number of hydrogen-bond donors (Lipinski definition) is 3. The molecule has 0 aromatic carbocycles. The van der Waals surface area contributed by atoms with E-state index in [9.17, 15) is 4.79 Å². The van der Waals surface area contributed by atoms with Crippen molar-refractivity contribution in [2.75, 3.05) is 14.1 Å². The second-order valence-electron chi connectivity index (χ2n) is 3.29. The number of imidazole rings is 1. The molecule has 5 nitrogen and oxygen atoms in total. The molecular weight excluding hydrogens is 202 g/mol. The highest BCUT2D eigenvalue weighted by molar-refractivity contribution is 7.71. The summed E-state index contributed by atoms with van der Waals surface area (Å²) in [5.41, 5.74) is 0.802. The molecule has 0 amide bonds. The van der Waals surface area contributed by atoms with Crippen LogP contribution in [-0.4, -0.2) is 46.1 Å². The number of aromatic amines is 2. The topological polar surface area (TPSA) is 72.1 Å². The number of aliphatic carboxylic acids is 1. The standard InChI is InChI=1S/C8H13N3O2S/c1-11(2)6(7(12)13)3-5-4-9-8(14)10-5/h4,6H,3H2,1-2H3,(H,12,13)(H2,9,10,14). The van der Waals surface area contributed by atoms with Gasteiger partial charge < -0.3 is 15.1 Å². The summed E-state index contributed by atoms with van der Waals surface area (Å²) in [4.78, 5) is 18.2. The lowest BCUT2D eigenvalue weighted by atomic mass is 10.1. The monoisotopic (exact) mass is 215 g/mol. The van der Waals surface area contributed by atoms with E-state index in [4.69, 9.17) is 17.3 Å². The van der Waals surface area contributed by atoms with Crippen molar-refractivity contribution in [1.29, 1.82) is 0 Å². The van der Waals surface area contributed by atoms with Gasteiger partial charge in [-0.2, -0.15) is 0 Å². The van der Waals surface area contributed by atoms with Crippen molar-refractivity contribution in [3.63, 3.8) is 0 Å². The summed E-state index contributed by atoms with van der Waals surface area (Å²) in [5.74, 6) is -0.837. The van der Waals surface area contributed by atoms with Crippen LogP contribution < -0.4 is 0 Å². The summed E-state index contributed by atoms with van der Waals surface area (Å²) >= 11 is 4.84. The number of nitrogens with one attached hydrogen (secondary N) is 2. The third kappa shape index (κ3) is 2.68. The normalized spacial score (nSPS) is 13.1. The predicted molar refractivity (Wildman–Crippen MR) is 54.8 cm³/mol. The van der Waals surface area contributed by atoms with E-state index >= 15 is 0 Å². The molecule has 1 unspecified atom stereocenters. The Kier molecular flexibility index (Phi) is 3.43. The van der Waals surface area contributed by atoms with Gasteiger partial charge in [-0.3, -0.25) is 9.69 Å². The van der Waals surface area contributed by atoms with Crippen LogP contribution in [0.1, 0.15) is 5.69 Å². The summed E-state index contributed by atoms with van der Waals surface area (Å²) < 4.78 is 0.517. The largest absolute Gasteiger partial charge is 0.480 e. The number of rotatable bonds is 4. The van der Waals surface area contributed by atoms with Gasteiger partial charge in [0.05, 0.1) is 0 Å². The van der Waals surface area contributed by atoms with E-state index in [1.807, 2.05) is 0 Å². The maximum Gasteiger partial charge on any atom is 0.321 e. The number of carboxylic acid groups (broad SMARTS) is 1. The molecule has 1 rings (SSSR count). The molecule has 0 spiro atoms. The molecule has 1 heterocycles. The average molecular weight is 215 g/mol. The molecule has 14 heavy (non-hydrogen) atoms. The first-order valence-corrected chi connectivity index (χ1v) is 4.57. The van der Waals surface area contributed by atoms with Crippen molar-refractivity contribution in [2.24, 2.45) is 0 Å². The molecule has 78 valence electrons. The zero-order valence-corrected chi connectivity index (χ0v) is 8.89. The SMILES string of the molecule is CN(C)C(Cc1c[nH]c(=S)[nH]1)C(=O)O. The minimum Gasteiger partial charge on any atom is -0.480 e. The minimum atomic E-state index is -0.837. The third-order valence-electron chi connectivity index (χ3n) is 1.97. The van der Waals surface area contributed by atoms with Crippen LogP contribution in [0.5, 0.6) is 0 Å². The highest BCUT2D eigenvalue weighted by Gasteiger charge is 2.20. The van der Waals surface area contributed by atoms with E-state index in [-0.39, 0.29) is 0 Å². The van der Waals surface area contributed by atoms with Gasteiger partial charge in [-0.25, -0.2) is 0 Å². The number of carboxylic acids is 1. The van der Waals surface area contributed by atoms with Crippen molar-refractivity contribution in [3.8, 4) is 0 Å². The van der Waals surface area contributed by atoms with Crippen LogP contribution in [0.3, 0.4) is 0 Å². The van der Waals surface area contributed by atoms with Crippen LogP contribution in [0, 0.1) is 4.77 Å². The van der Waals surface area contributed by atoms with Gasteiger partial charge in [0, 0.05) is 18.3 Å². The molecule has 1 aromatic heterocycles. The number of likely N-dealkylation sites (N-methyl/N-ethyl adjacent to an activating group) is 1. The van der Waals surface area contributed by atoms with E-state index in [0.29, 0.717) is 11.2 Å². The third-order valence-corrected chi connectivity index (χ3v) is 2.19. The van der Waals surface area contributed by atoms with Gasteiger partial charge in [-0.15, -0.1) is 0 Å². The van der Waals surface area contributed by atoms with Gasteiger partial charge in [0.25, 0.3) is 0 Å². The Morgan fingerprint density at radius 3 is 2.71 bits per heavy atom. The second kappa shape index (κ2) is 4.39. The molecule has 0 bridgehead atoms. The molecule has 3 N–H and O–H groups in total. The summed E-state index contributed by atoms with van der Waals surface area (Å²) in [6.07, 6.45) is 2.11. The summed E-state index contributed by atoms with van der Waals surface area (Å²) in [6, 6.07) is -0.531. The quantitative estimate of drug-likeness (QED) is 0.644. The van der Waals surface area contributed by atoms with E-state index in [1.54, 1.807) is 25.2 Å². The average Bonchev–Trinajstić information content (AvgIpc) is 2.46. The molecule has 0 aliphatic carbocycles. The van der Waals surface area contributed by atoms with E-state index < -0.39 is 12.0 Å². The van der Waals surface area contributed by atoms with Crippen molar-refractivity contribution in [2.45, 2.75) is 12.5 Å². The molecule has 0 fully saturated rings. The van der Waals surface area contributed by atoms with E-state index in [0.717, 1.165) is 5.69 Å². The van der Waals surface area contributed by atoms with Gasteiger partial charge in [0.1, 0.15) is 6.04 Å². The highest BCUT2D eigenvalue weighted by Crippen LogP contribution is 2.03. The van der Waals surface area contributed by atoms with Crippen molar-refractivity contribution >= 4 is 18.2 Å². The number of aromatic nitrogens is 2. The van der Waals surface area contributed by atoms with Crippen LogP contribution in [0.25, 0.3) is 0 Å². The first-order valence-electron chi connectivity index (χ1n) is 4.16. The molecule has 0 aliphatic rings. The van der Waals surface area contributed by atoms with Gasteiger partial charge in [0.2, 0.25) is 0 Å². The first-order chi connectivity index (χ1) is 6.50. The number of hydrogen-bond acceptors (Lipinski definition) is 3. The molecule has 0 radical (unpaired) electrons. The fourth-order valence-corrected chi connectivity index (χ4v) is 1.37. The van der Waals surface area contributed by atoms with E-state index in [1.165, 1.54) is 0 Å². The van der Waals surface area contributed by atoms with Crippen LogP contribution in [-0.2, 0) is 11.2 Å².